The Kier molecular flexibility index (Phi) is 6.63. The number of hydrogen-bond acceptors (Lipinski definition) is 4. The zero-order valence-electron chi connectivity index (χ0n) is 19.4. The summed E-state index contributed by atoms with van der Waals surface area (Å²) in [5.41, 5.74) is 3.06. The maximum atomic E-state index is 13.1. The van der Waals surface area contributed by atoms with Crippen LogP contribution in [0.1, 0.15) is 28.2 Å². The van der Waals surface area contributed by atoms with Crippen LogP contribution in [0.2, 0.25) is 0 Å². The van der Waals surface area contributed by atoms with Crippen molar-refractivity contribution in [2.45, 2.75) is 23.8 Å². The Bertz CT molecular complexity index is 1410. The van der Waals surface area contributed by atoms with Gasteiger partial charge in [0.05, 0.1) is 31.0 Å². The summed E-state index contributed by atoms with van der Waals surface area (Å²) >= 11 is 0. The van der Waals surface area contributed by atoms with Gasteiger partial charge in [0, 0.05) is 23.6 Å². The second-order valence-electron chi connectivity index (χ2n) is 9.06. The van der Waals surface area contributed by atoms with E-state index >= 15 is 0 Å². The molecule has 2 heterocycles. The lowest BCUT2D eigenvalue weighted by atomic mass is 9.74. The molecule has 8 heteroatoms. The number of hydrogen-bond donors (Lipinski definition) is 1. The molecule has 0 spiro atoms. The quantitative estimate of drug-likeness (QED) is 0.542. The fourth-order valence-corrected chi connectivity index (χ4v) is 6.51. The van der Waals surface area contributed by atoms with Gasteiger partial charge in [0.2, 0.25) is 15.9 Å². The Balaban J connectivity index is 1.34. The Morgan fingerprint density at radius 1 is 0.917 bits per heavy atom. The lowest BCUT2D eigenvalue weighted by Gasteiger charge is -2.58. The SMILES string of the molecule is O=C1CN(S(=O)(=O)Cc2ccccc2)C[C@H]2[C@@H](c3ccc(C#Cc4ccc(F)cc4)cc3)[C@H](CO)N12. The molecule has 184 valence electrons. The highest BCUT2D eigenvalue weighted by molar-refractivity contribution is 7.88. The van der Waals surface area contributed by atoms with Crippen LogP contribution >= 0.6 is 0 Å². The van der Waals surface area contributed by atoms with E-state index in [9.17, 15) is 22.7 Å². The van der Waals surface area contributed by atoms with Crippen molar-refractivity contribution in [3.63, 3.8) is 0 Å². The summed E-state index contributed by atoms with van der Waals surface area (Å²) in [6.07, 6.45) is 0. The molecule has 2 saturated heterocycles. The molecule has 0 radical (unpaired) electrons. The largest absolute Gasteiger partial charge is 0.394 e. The molecular formula is C28H25FN2O4S. The number of benzene rings is 3. The third-order valence-electron chi connectivity index (χ3n) is 6.80. The van der Waals surface area contributed by atoms with Crippen molar-refractivity contribution in [1.82, 2.24) is 9.21 Å². The van der Waals surface area contributed by atoms with Gasteiger partial charge in [-0.1, -0.05) is 54.3 Å². The van der Waals surface area contributed by atoms with Crippen molar-refractivity contribution in [3.05, 3.63) is 107 Å². The number of nitrogens with zero attached hydrogens (tertiary/aromatic N) is 2. The van der Waals surface area contributed by atoms with Crippen molar-refractivity contribution < 1.29 is 22.7 Å². The molecule has 2 aliphatic heterocycles. The van der Waals surface area contributed by atoms with Crippen molar-refractivity contribution in [2.24, 2.45) is 0 Å². The number of carbonyl (C=O) groups excluding carboxylic acids is 1. The molecule has 3 aromatic carbocycles. The van der Waals surface area contributed by atoms with Crippen LogP contribution in [-0.2, 0) is 20.6 Å². The van der Waals surface area contributed by atoms with Crippen LogP contribution in [0.15, 0.2) is 78.9 Å². The van der Waals surface area contributed by atoms with Gasteiger partial charge in [0.1, 0.15) is 5.82 Å². The molecule has 0 saturated carbocycles. The van der Waals surface area contributed by atoms with Crippen LogP contribution in [-0.4, -0.2) is 60.4 Å². The predicted octanol–water partition coefficient (Wildman–Crippen LogP) is 2.73. The highest BCUT2D eigenvalue weighted by Gasteiger charge is 2.55. The van der Waals surface area contributed by atoms with E-state index in [-0.39, 0.29) is 49.1 Å². The Morgan fingerprint density at radius 2 is 1.53 bits per heavy atom. The fourth-order valence-electron chi connectivity index (χ4n) is 5.02. The molecule has 2 fully saturated rings. The van der Waals surface area contributed by atoms with Gasteiger partial charge in [-0.2, -0.15) is 4.31 Å². The van der Waals surface area contributed by atoms with Gasteiger partial charge in [-0.15, -0.1) is 0 Å². The smallest absolute Gasteiger partial charge is 0.238 e. The lowest BCUT2D eigenvalue weighted by molar-refractivity contribution is -0.158. The Hall–Kier alpha value is -3.51. The summed E-state index contributed by atoms with van der Waals surface area (Å²) in [6.45, 7) is -0.225. The van der Waals surface area contributed by atoms with E-state index in [0.29, 0.717) is 11.1 Å². The van der Waals surface area contributed by atoms with Crippen molar-refractivity contribution in [2.75, 3.05) is 19.7 Å². The zero-order chi connectivity index (χ0) is 25.3. The summed E-state index contributed by atoms with van der Waals surface area (Å²) in [5, 5.41) is 10.0. The van der Waals surface area contributed by atoms with E-state index in [1.807, 2.05) is 30.3 Å². The van der Waals surface area contributed by atoms with E-state index in [2.05, 4.69) is 11.8 Å². The molecule has 3 atom stereocenters. The summed E-state index contributed by atoms with van der Waals surface area (Å²) in [6, 6.07) is 21.6. The number of piperazine rings is 1. The van der Waals surface area contributed by atoms with E-state index in [4.69, 9.17) is 0 Å². The average Bonchev–Trinajstić information content (AvgIpc) is 2.86. The summed E-state index contributed by atoms with van der Waals surface area (Å²) in [7, 11) is -3.68. The van der Waals surface area contributed by atoms with Crippen LogP contribution in [0.4, 0.5) is 4.39 Å². The second kappa shape index (κ2) is 9.86. The molecule has 6 nitrogen and oxygen atoms in total. The van der Waals surface area contributed by atoms with Gasteiger partial charge in [-0.3, -0.25) is 4.79 Å². The zero-order valence-corrected chi connectivity index (χ0v) is 20.2. The maximum absolute atomic E-state index is 13.1. The fraction of sp³-hybridized carbons (Fsp3) is 0.250. The average molecular weight is 505 g/mol. The summed E-state index contributed by atoms with van der Waals surface area (Å²) < 4.78 is 40.5. The molecule has 2 aliphatic rings. The molecule has 5 rings (SSSR count). The predicted molar refractivity (Wildman–Crippen MR) is 134 cm³/mol. The van der Waals surface area contributed by atoms with Gasteiger partial charge < -0.3 is 10.0 Å². The monoisotopic (exact) mass is 504 g/mol. The Morgan fingerprint density at radius 3 is 2.14 bits per heavy atom. The molecule has 36 heavy (non-hydrogen) atoms. The highest BCUT2D eigenvalue weighted by Crippen LogP contribution is 2.43. The minimum atomic E-state index is -3.68. The molecular weight excluding hydrogens is 479 g/mol. The third kappa shape index (κ3) is 4.78. The van der Waals surface area contributed by atoms with Crippen LogP contribution in [0.3, 0.4) is 0 Å². The number of aliphatic hydroxyl groups excluding tert-OH is 1. The minimum absolute atomic E-state index is 0.163. The number of halogens is 1. The maximum Gasteiger partial charge on any atom is 0.238 e. The van der Waals surface area contributed by atoms with E-state index in [0.717, 1.165) is 11.1 Å². The Labute approximate surface area is 210 Å². The van der Waals surface area contributed by atoms with E-state index in [1.54, 1.807) is 41.3 Å². The summed E-state index contributed by atoms with van der Waals surface area (Å²) in [5.74, 6) is 5.09. The molecule has 0 aliphatic carbocycles. The number of aliphatic hydroxyl groups is 1. The van der Waals surface area contributed by atoms with Crippen LogP contribution in [0.25, 0.3) is 0 Å². The topological polar surface area (TPSA) is 77.9 Å². The number of fused-ring (bicyclic) bond motifs is 1. The third-order valence-corrected chi connectivity index (χ3v) is 8.56. The van der Waals surface area contributed by atoms with Gasteiger partial charge in [0.25, 0.3) is 0 Å². The molecule has 1 N–H and O–H groups in total. The van der Waals surface area contributed by atoms with E-state index in [1.165, 1.54) is 16.4 Å². The number of sulfonamides is 1. The first-order valence-corrected chi connectivity index (χ1v) is 13.3. The van der Waals surface area contributed by atoms with Crippen molar-refractivity contribution in [3.8, 4) is 11.8 Å². The van der Waals surface area contributed by atoms with Gasteiger partial charge in [0.15, 0.2) is 0 Å². The molecule has 0 aromatic heterocycles. The van der Waals surface area contributed by atoms with Gasteiger partial charge in [-0.05, 0) is 47.5 Å². The van der Waals surface area contributed by atoms with Crippen LogP contribution < -0.4 is 0 Å². The van der Waals surface area contributed by atoms with Crippen molar-refractivity contribution in [1.29, 1.82) is 0 Å². The summed E-state index contributed by atoms with van der Waals surface area (Å²) in [4.78, 5) is 14.5. The van der Waals surface area contributed by atoms with Gasteiger partial charge >= 0.3 is 0 Å². The molecule has 1 amide bonds. The number of amides is 1. The second-order valence-corrected chi connectivity index (χ2v) is 11.0. The van der Waals surface area contributed by atoms with Crippen LogP contribution in [0.5, 0.6) is 0 Å². The first-order valence-electron chi connectivity index (χ1n) is 11.7. The van der Waals surface area contributed by atoms with Gasteiger partial charge in [-0.25, -0.2) is 12.8 Å². The van der Waals surface area contributed by atoms with E-state index < -0.39 is 16.1 Å². The standard InChI is InChI=1S/C28H25FN2O4S/c29-24-14-10-21(11-15-24)7-6-20-8-12-23(13-9-20)28-25-16-30(17-27(33)31(25)26(28)18-32)36(34,35)19-22-4-2-1-3-5-22/h1-5,8-15,25-26,28,32H,16-19H2/t25-,26-,28+/m0/s1. The molecule has 0 unspecified atom stereocenters. The highest BCUT2D eigenvalue weighted by atomic mass is 32.2. The number of carbonyl (C=O) groups is 1. The molecule has 0 bridgehead atoms. The first kappa shape index (κ1) is 24.2. The molecule has 3 aromatic rings. The first-order chi connectivity index (χ1) is 17.4. The minimum Gasteiger partial charge on any atom is -0.394 e. The van der Waals surface area contributed by atoms with Crippen molar-refractivity contribution >= 4 is 15.9 Å². The van der Waals surface area contributed by atoms with Crippen LogP contribution in [0, 0.1) is 17.7 Å². The lowest BCUT2D eigenvalue weighted by Crippen LogP contribution is -2.73. The number of rotatable bonds is 5. The normalized spacial score (nSPS) is 21.8.